The SMILES string of the molecule is Cc1cc(C)c2c(=O)ccn(CC(=O)NCc3ccccc3)c2c1. The van der Waals surface area contributed by atoms with Gasteiger partial charge in [-0.1, -0.05) is 36.4 Å². The molecule has 0 radical (unpaired) electrons. The number of aromatic nitrogens is 1. The highest BCUT2D eigenvalue weighted by Gasteiger charge is 2.09. The van der Waals surface area contributed by atoms with Crippen molar-refractivity contribution in [3.63, 3.8) is 0 Å². The normalized spacial score (nSPS) is 10.8. The Balaban J connectivity index is 1.83. The number of aryl methyl sites for hydroxylation is 2. The lowest BCUT2D eigenvalue weighted by atomic mass is 10.1. The highest BCUT2D eigenvalue weighted by Crippen LogP contribution is 2.17. The van der Waals surface area contributed by atoms with Crippen molar-refractivity contribution in [2.24, 2.45) is 0 Å². The zero-order valence-corrected chi connectivity index (χ0v) is 13.9. The molecule has 1 amide bonds. The summed E-state index contributed by atoms with van der Waals surface area (Å²) in [7, 11) is 0. The summed E-state index contributed by atoms with van der Waals surface area (Å²) in [5.41, 5.74) is 3.86. The standard InChI is InChI=1S/C20H20N2O2/c1-14-10-15(2)20-17(11-14)22(9-8-18(20)23)13-19(24)21-12-16-6-4-3-5-7-16/h3-11H,12-13H2,1-2H3,(H,21,24). The van der Waals surface area contributed by atoms with Crippen LogP contribution in [0, 0.1) is 13.8 Å². The fourth-order valence-electron chi connectivity index (χ4n) is 2.96. The molecule has 1 aromatic heterocycles. The highest BCUT2D eigenvalue weighted by atomic mass is 16.2. The second-order valence-electron chi connectivity index (χ2n) is 6.05. The van der Waals surface area contributed by atoms with Crippen LogP contribution in [-0.4, -0.2) is 10.5 Å². The largest absolute Gasteiger partial charge is 0.350 e. The molecule has 3 aromatic rings. The van der Waals surface area contributed by atoms with Crippen LogP contribution in [0.2, 0.25) is 0 Å². The van der Waals surface area contributed by atoms with Gasteiger partial charge >= 0.3 is 0 Å². The van der Waals surface area contributed by atoms with E-state index in [1.54, 1.807) is 6.20 Å². The number of fused-ring (bicyclic) bond motifs is 1. The number of benzene rings is 2. The summed E-state index contributed by atoms with van der Waals surface area (Å²) in [5, 5.41) is 3.60. The number of rotatable bonds is 4. The number of amides is 1. The molecule has 1 N–H and O–H groups in total. The van der Waals surface area contributed by atoms with Crippen molar-refractivity contribution in [1.29, 1.82) is 0 Å². The van der Waals surface area contributed by atoms with E-state index in [0.29, 0.717) is 11.9 Å². The van der Waals surface area contributed by atoms with Crippen LogP contribution in [0.3, 0.4) is 0 Å². The van der Waals surface area contributed by atoms with Crippen LogP contribution in [0.5, 0.6) is 0 Å². The van der Waals surface area contributed by atoms with E-state index < -0.39 is 0 Å². The van der Waals surface area contributed by atoms with E-state index in [9.17, 15) is 9.59 Å². The molecule has 4 heteroatoms. The molecule has 24 heavy (non-hydrogen) atoms. The third-order valence-corrected chi connectivity index (χ3v) is 4.07. The van der Waals surface area contributed by atoms with Crippen molar-refractivity contribution >= 4 is 16.8 Å². The van der Waals surface area contributed by atoms with Crippen molar-refractivity contribution in [3.05, 3.63) is 81.6 Å². The van der Waals surface area contributed by atoms with Crippen molar-refractivity contribution in [3.8, 4) is 0 Å². The van der Waals surface area contributed by atoms with Crippen LogP contribution in [0.1, 0.15) is 16.7 Å². The van der Waals surface area contributed by atoms with Gasteiger partial charge in [-0.25, -0.2) is 0 Å². The zero-order valence-electron chi connectivity index (χ0n) is 13.9. The maximum atomic E-state index is 12.3. The van der Waals surface area contributed by atoms with Crippen molar-refractivity contribution in [1.82, 2.24) is 9.88 Å². The Kier molecular flexibility index (Phi) is 4.47. The lowest BCUT2D eigenvalue weighted by Gasteiger charge is -2.13. The minimum Gasteiger partial charge on any atom is -0.350 e. The van der Waals surface area contributed by atoms with Crippen molar-refractivity contribution in [2.45, 2.75) is 26.9 Å². The third kappa shape index (κ3) is 3.38. The maximum Gasteiger partial charge on any atom is 0.240 e. The molecule has 0 saturated heterocycles. The van der Waals surface area contributed by atoms with Gasteiger partial charge in [-0.3, -0.25) is 9.59 Å². The first-order valence-corrected chi connectivity index (χ1v) is 7.95. The Hall–Kier alpha value is -2.88. The van der Waals surface area contributed by atoms with Crippen LogP contribution in [0.25, 0.3) is 10.9 Å². The minimum atomic E-state index is -0.0806. The van der Waals surface area contributed by atoms with Crippen LogP contribution in [-0.2, 0) is 17.9 Å². The van der Waals surface area contributed by atoms with Gasteiger partial charge in [0.25, 0.3) is 0 Å². The highest BCUT2D eigenvalue weighted by molar-refractivity contribution is 5.85. The maximum absolute atomic E-state index is 12.3. The molecule has 0 aliphatic carbocycles. The Morgan fingerprint density at radius 2 is 1.83 bits per heavy atom. The molecule has 0 spiro atoms. The molecule has 122 valence electrons. The molecule has 0 saturated carbocycles. The van der Waals surface area contributed by atoms with E-state index >= 15 is 0 Å². The average molecular weight is 320 g/mol. The molecule has 2 aromatic carbocycles. The zero-order chi connectivity index (χ0) is 17.1. The van der Waals surface area contributed by atoms with Crippen LogP contribution in [0.15, 0.2) is 59.5 Å². The fraction of sp³-hybridized carbons (Fsp3) is 0.200. The first-order valence-electron chi connectivity index (χ1n) is 7.95. The summed E-state index contributed by atoms with van der Waals surface area (Å²) in [6.45, 7) is 4.60. The smallest absolute Gasteiger partial charge is 0.240 e. The first-order chi connectivity index (χ1) is 11.5. The molecule has 0 bridgehead atoms. The minimum absolute atomic E-state index is 0.0107. The number of hydrogen-bond acceptors (Lipinski definition) is 2. The van der Waals surface area contributed by atoms with Crippen LogP contribution in [0.4, 0.5) is 0 Å². The number of nitrogens with zero attached hydrogens (tertiary/aromatic N) is 1. The number of carbonyl (C=O) groups excluding carboxylic acids is 1. The van der Waals surface area contributed by atoms with Gasteiger partial charge < -0.3 is 9.88 Å². The number of hydrogen-bond donors (Lipinski definition) is 1. The molecule has 0 fully saturated rings. The lowest BCUT2D eigenvalue weighted by molar-refractivity contribution is -0.121. The second-order valence-corrected chi connectivity index (χ2v) is 6.05. The lowest BCUT2D eigenvalue weighted by Crippen LogP contribution is -2.27. The molecular formula is C20H20N2O2. The summed E-state index contributed by atoms with van der Waals surface area (Å²) >= 11 is 0. The van der Waals surface area contributed by atoms with Crippen molar-refractivity contribution < 1.29 is 4.79 Å². The molecule has 0 atom stereocenters. The monoisotopic (exact) mass is 320 g/mol. The van der Waals surface area contributed by atoms with Gasteiger partial charge in [0.05, 0.1) is 5.52 Å². The predicted octanol–water partition coefficient (Wildman–Crippen LogP) is 2.93. The first kappa shape index (κ1) is 16.0. The Morgan fingerprint density at radius 3 is 2.58 bits per heavy atom. The van der Waals surface area contributed by atoms with Gasteiger partial charge in [0.1, 0.15) is 6.54 Å². The molecule has 0 aliphatic rings. The molecule has 0 unspecified atom stereocenters. The van der Waals surface area contributed by atoms with Gasteiger partial charge in [0, 0.05) is 24.2 Å². The van der Waals surface area contributed by atoms with E-state index in [2.05, 4.69) is 5.32 Å². The average Bonchev–Trinajstić information content (AvgIpc) is 2.56. The quantitative estimate of drug-likeness (QED) is 0.803. The molecule has 4 nitrogen and oxygen atoms in total. The Bertz CT molecular complexity index is 943. The summed E-state index contributed by atoms with van der Waals surface area (Å²) in [6, 6.07) is 15.3. The van der Waals surface area contributed by atoms with E-state index in [1.807, 2.05) is 60.9 Å². The number of carbonyl (C=O) groups is 1. The van der Waals surface area contributed by atoms with Crippen molar-refractivity contribution in [2.75, 3.05) is 0 Å². The summed E-state index contributed by atoms with van der Waals surface area (Å²) in [6.07, 6.45) is 1.69. The predicted molar refractivity (Wildman–Crippen MR) is 96.0 cm³/mol. The number of pyridine rings is 1. The Morgan fingerprint density at radius 1 is 1.08 bits per heavy atom. The Labute approximate surface area is 140 Å². The van der Waals surface area contributed by atoms with Gasteiger partial charge in [0.15, 0.2) is 5.43 Å². The van der Waals surface area contributed by atoms with Gasteiger partial charge in [-0.2, -0.15) is 0 Å². The molecule has 0 aliphatic heterocycles. The second kappa shape index (κ2) is 6.71. The fourth-order valence-corrected chi connectivity index (χ4v) is 2.96. The third-order valence-electron chi connectivity index (χ3n) is 4.07. The van der Waals surface area contributed by atoms with Crippen LogP contribution < -0.4 is 10.7 Å². The van der Waals surface area contributed by atoms with Gasteiger partial charge in [0.2, 0.25) is 5.91 Å². The van der Waals surface area contributed by atoms with Gasteiger partial charge in [-0.15, -0.1) is 0 Å². The van der Waals surface area contributed by atoms with E-state index in [4.69, 9.17) is 0 Å². The van der Waals surface area contributed by atoms with Gasteiger partial charge in [-0.05, 0) is 36.6 Å². The van der Waals surface area contributed by atoms with E-state index in [1.165, 1.54) is 6.07 Å². The summed E-state index contributed by atoms with van der Waals surface area (Å²) in [5.74, 6) is -0.0806. The molecule has 3 rings (SSSR count). The van der Waals surface area contributed by atoms with Crippen LogP contribution >= 0.6 is 0 Å². The topological polar surface area (TPSA) is 51.1 Å². The molecule has 1 heterocycles. The van der Waals surface area contributed by atoms with E-state index in [0.717, 1.165) is 22.2 Å². The summed E-state index contributed by atoms with van der Waals surface area (Å²) in [4.78, 5) is 24.4. The number of nitrogens with one attached hydrogen (secondary N) is 1. The van der Waals surface area contributed by atoms with E-state index in [-0.39, 0.29) is 17.9 Å². The molecular weight excluding hydrogens is 300 g/mol. The summed E-state index contributed by atoms with van der Waals surface area (Å²) < 4.78 is 1.83.